The number of nitrogens with one attached hydrogen (secondary N) is 1. The molecule has 0 aromatic carbocycles. The SMILES string of the molecule is CCc1c(CNC)cnn1C(C)(C)C. The van der Waals surface area contributed by atoms with Crippen molar-refractivity contribution < 1.29 is 0 Å². The van der Waals surface area contributed by atoms with Crippen molar-refractivity contribution in [1.82, 2.24) is 15.1 Å². The van der Waals surface area contributed by atoms with E-state index >= 15 is 0 Å². The normalized spacial score (nSPS) is 12.1. The van der Waals surface area contributed by atoms with Gasteiger partial charge in [0, 0.05) is 17.8 Å². The molecule has 0 fully saturated rings. The molecular weight excluding hydrogens is 174 g/mol. The smallest absolute Gasteiger partial charge is 0.0546 e. The van der Waals surface area contributed by atoms with Gasteiger partial charge in [-0.25, -0.2) is 0 Å². The van der Waals surface area contributed by atoms with Crippen molar-refractivity contribution in [2.24, 2.45) is 0 Å². The maximum atomic E-state index is 4.45. The van der Waals surface area contributed by atoms with Crippen LogP contribution < -0.4 is 5.32 Å². The van der Waals surface area contributed by atoms with Crippen LogP contribution in [0.2, 0.25) is 0 Å². The van der Waals surface area contributed by atoms with Gasteiger partial charge in [0.15, 0.2) is 0 Å². The van der Waals surface area contributed by atoms with Crippen LogP contribution in [0.1, 0.15) is 39.0 Å². The first-order chi connectivity index (χ1) is 6.50. The highest BCUT2D eigenvalue weighted by atomic mass is 15.3. The predicted octanol–water partition coefficient (Wildman–Crippen LogP) is 1.92. The van der Waals surface area contributed by atoms with E-state index < -0.39 is 0 Å². The van der Waals surface area contributed by atoms with Gasteiger partial charge in [-0.2, -0.15) is 5.10 Å². The van der Waals surface area contributed by atoms with Crippen LogP contribution in [0, 0.1) is 0 Å². The van der Waals surface area contributed by atoms with E-state index in [0.717, 1.165) is 13.0 Å². The highest BCUT2D eigenvalue weighted by Crippen LogP contribution is 2.19. The third-order valence-electron chi connectivity index (χ3n) is 2.29. The molecule has 3 heteroatoms. The standard InChI is InChI=1S/C11H21N3/c1-6-10-9(7-12-5)8-13-14(10)11(2,3)4/h8,12H,6-7H2,1-5H3. The van der Waals surface area contributed by atoms with E-state index in [2.05, 4.69) is 42.8 Å². The minimum absolute atomic E-state index is 0.0807. The fourth-order valence-corrected chi connectivity index (χ4v) is 1.70. The quantitative estimate of drug-likeness (QED) is 0.798. The molecule has 1 heterocycles. The van der Waals surface area contributed by atoms with Crippen LogP contribution in [0.4, 0.5) is 0 Å². The summed E-state index contributed by atoms with van der Waals surface area (Å²) in [5, 5.41) is 7.62. The van der Waals surface area contributed by atoms with Gasteiger partial charge >= 0.3 is 0 Å². The Bertz CT molecular complexity index is 294. The van der Waals surface area contributed by atoms with Crippen LogP contribution in [0.25, 0.3) is 0 Å². The van der Waals surface area contributed by atoms with Crippen molar-refractivity contribution in [1.29, 1.82) is 0 Å². The number of rotatable bonds is 3. The van der Waals surface area contributed by atoms with E-state index in [1.54, 1.807) is 0 Å². The Balaban J connectivity index is 3.07. The summed E-state index contributed by atoms with van der Waals surface area (Å²) in [7, 11) is 1.97. The molecule has 0 unspecified atom stereocenters. The van der Waals surface area contributed by atoms with E-state index in [1.165, 1.54) is 11.3 Å². The van der Waals surface area contributed by atoms with Crippen molar-refractivity contribution in [2.45, 2.75) is 46.2 Å². The van der Waals surface area contributed by atoms with Gasteiger partial charge in [0.2, 0.25) is 0 Å². The molecule has 1 aromatic heterocycles. The molecule has 0 aliphatic rings. The van der Waals surface area contributed by atoms with Crippen LogP contribution in [0.3, 0.4) is 0 Å². The summed E-state index contributed by atoms with van der Waals surface area (Å²) >= 11 is 0. The molecule has 0 aliphatic heterocycles. The minimum atomic E-state index is 0.0807. The zero-order valence-corrected chi connectivity index (χ0v) is 9.89. The second kappa shape index (κ2) is 4.13. The number of aromatic nitrogens is 2. The van der Waals surface area contributed by atoms with Gasteiger partial charge < -0.3 is 5.32 Å². The van der Waals surface area contributed by atoms with E-state index in [-0.39, 0.29) is 5.54 Å². The molecule has 3 nitrogen and oxygen atoms in total. The van der Waals surface area contributed by atoms with Crippen molar-refractivity contribution in [3.8, 4) is 0 Å². The summed E-state index contributed by atoms with van der Waals surface area (Å²) in [5.41, 5.74) is 2.73. The lowest BCUT2D eigenvalue weighted by atomic mass is 10.1. The largest absolute Gasteiger partial charge is 0.316 e. The molecule has 1 aromatic rings. The van der Waals surface area contributed by atoms with Crippen LogP contribution in [-0.4, -0.2) is 16.8 Å². The van der Waals surface area contributed by atoms with Gasteiger partial charge in [0.25, 0.3) is 0 Å². The lowest BCUT2D eigenvalue weighted by Gasteiger charge is -2.22. The molecule has 0 saturated carbocycles. The number of hydrogen-bond donors (Lipinski definition) is 1. The molecule has 0 saturated heterocycles. The first kappa shape index (κ1) is 11.2. The van der Waals surface area contributed by atoms with Gasteiger partial charge in [-0.05, 0) is 34.2 Å². The second-order valence-electron chi connectivity index (χ2n) is 4.58. The molecule has 0 spiro atoms. The van der Waals surface area contributed by atoms with Gasteiger partial charge in [0.05, 0.1) is 11.7 Å². The Kier molecular flexibility index (Phi) is 3.32. The maximum absolute atomic E-state index is 4.45. The lowest BCUT2D eigenvalue weighted by Crippen LogP contribution is -2.25. The van der Waals surface area contributed by atoms with Crippen molar-refractivity contribution in [2.75, 3.05) is 7.05 Å². The van der Waals surface area contributed by atoms with E-state index in [0.29, 0.717) is 0 Å². The maximum Gasteiger partial charge on any atom is 0.0546 e. The zero-order valence-electron chi connectivity index (χ0n) is 9.89. The van der Waals surface area contributed by atoms with Crippen LogP contribution >= 0.6 is 0 Å². The van der Waals surface area contributed by atoms with Gasteiger partial charge in [0.1, 0.15) is 0 Å². The summed E-state index contributed by atoms with van der Waals surface area (Å²) in [4.78, 5) is 0. The van der Waals surface area contributed by atoms with Crippen molar-refractivity contribution >= 4 is 0 Å². The fourth-order valence-electron chi connectivity index (χ4n) is 1.70. The molecule has 0 radical (unpaired) electrons. The molecule has 1 N–H and O–H groups in total. The van der Waals surface area contributed by atoms with E-state index in [1.807, 2.05) is 13.2 Å². The van der Waals surface area contributed by atoms with Crippen molar-refractivity contribution in [3.63, 3.8) is 0 Å². The highest BCUT2D eigenvalue weighted by Gasteiger charge is 2.19. The Morgan fingerprint density at radius 2 is 2.07 bits per heavy atom. The minimum Gasteiger partial charge on any atom is -0.316 e. The summed E-state index contributed by atoms with van der Waals surface area (Å²) in [6, 6.07) is 0. The zero-order chi connectivity index (χ0) is 10.8. The van der Waals surface area contributed by atoms with Crippen LogP contribution in [0.5, 0.6) is 0 Å². The molecule has 0 bridgehead atoms. The molecule has 0 aliphatic carbocycles. The summed E-state index contributed by atoms with van der Waals surface area (Å²) in [6.07, 6.45) is 3.01. The average molecular weight is 195 g/mol. The Morgan fingerprint density at radius 3 is 2.50 bits per heavy atom. The number of nitrogens with zero attached hydrogens (tertiary/aromatic N) is 2. The second-order valence-corrected chi connectivity index (χ2v) is 4.58. The average Bonchev–Trinajstić information content (AvgIpc) is 2.47. The molecule has 0 atom stereocenters. The first-order valence-electron chi connectivity index (χ1n) is 5.21. The topological polar surface area (TPSA) is 29.9 Å². The Labute approximate surface area is 86.5 Å². The van der Waals surface area contributed by atoms with E-state index in [9.17, 15) is 0 Å². The molecule has 1 rings (SSSR count). The lowest BCUT2D eigenvalue weighted by molar-refractivity contribution is 0.344. The Hall–Kier alpha value is -0.830. The van der Waals surface area contributed by atoms with Crippen LogP contribution in [-0.2, 0) is 18.5 Å². The highest BCUT2D eigenvalue weighted by molar-refractivity contribution is 5.18. The van der Waals surface area contributed by atoms with Gasteiger partial charge in [-0.15, -0.1) is 0 Å². The monoisotopic (exact) mass is 195 g/mol. The Morgan fingerprint density at radius 1 is 1.43 bits per heavy atom. The summed E-state index contributed by atoms with van der Waals surface area (Å²) in [5.74, 6) is 0. The number of hydrogen-bond acceptors (Lipinski definition) is 2. The summed E-state index contributed by atoms with van der Waals surface area (Å²) in [6.45, 7) is 9.63. The first-order valence-corrected chi connectivity index (χ1v) is 5.21. The molecule has 80 valence electrons. The van der Waals surface area contributed by atoms with Crippen molar-refractivity contribution in [3.05, 3.63) is 17.5 Å². The van der Waals surface area contributed by atoms with Gasteiger partial charge in [-0.3, -0.25) is 4.68 Å². The van der Waals surface area contributed by atoms with Gasteiger partial charge in [-0.1, -0.05) is 6.92 Å². The predicted molar refractivity (Wildman–Crippen MR) is 59.4 cm³/mol. The van der Waals surface area contributed by atoms with Crippen LogP contribution in [0.15, 0.2) is 6.20 Å². The third kappa shape index (κ3) is 2.15. The fraction of sp³-hybridized carbons (Fsp3) is 0.727. The summed E-state index contributed by atoms with van der Waals surface area (Å²) < 4.78 is 2.12. The molecule has 0 amide bonds. The molecule has 14 heavy (non-hydrogen) atoms. The van der Waals surface area contributed by atoms with E-state index in [4.69, 9.17) is 0 Å². The molecular formula is C11H21N3. The third-order valence-corrected chi connectivity index (χ3v) is 2.29.